The van der Waals surface area contributed by atoms with E-state index in [0.717, 1.165) is 17.1 Å². The molecule has 0 aromatic heterocycles. The fourth-order valence-corrected chi connectivity index (χ4v) is 1.75. The number of carbonyl (C=O) groups excluding carboxylic acids is 1. The maximum Gasteiger partial charge on any atom is 0.154 e. The van der Waals surface area contributed by atoms with Crippen molar-refractivity contribution in [2.24, 2.45) is 0 Å². The Kier molecular flexibility index (Phi) is 3.24. The molecule has 0 saturated carbocycles. The lowest BCUT2D eigenvalue weighted by Gasteiger charge is -2.13. The Morgan fingerprint density at radius 3 is 2.71 bits per heavy atom. The van der Waals surface area contributed by atoms with E-state index in [0.29, 0.717) is 11.3 Å². The second-order valence-electron chi connectivity index (χ2n) is 3.88. The summed E-state index contributed by atoms with van der Waals surface area (Å²) in [5.74, 6) is 0.603. The van der Waals surface area contributed by atoms with Crippen LogP contribution in [0, 0.1) is 0 Å². The molecule has 0 saturated heterocycles. The third-order valence-electron chi connectivity index (χ3n) is 2.69. The molecule has 0 aliphatic carbocycles. The zero-order chi connectivity index (χ0) is 12.3. The van der Waals surface area contributed by atoms with Crippen LogP contribution in [0.25, 0.3) is 10.8 Å². The van der Waals surface area contributed by atoms with Crippen LogP contribution in [0.2, 0.25) is 0 Å². The zero-order valence-corrected chi connectivity index (χ0v) is 9.72. The second kappa shape index (κ2) is 4.83. The van der Waals surface area contributed by atoms with E-state index in [4.69, 9.17) is 4.74 Å². The SMILES string of the molecule is C=CC(C)Oc1ccc2ccccc2c1C=O. The van der Waals surface area contributed by atoms with Crippen molar-refractivity contribution in [3.63, 3.8) is 0 Å². The smallest absolute Gasteiger partial charge is 0.154 e. The van der Waals surface area contributed by atoms with Gasteiger partial charge >= 0.3 is 0 Å². The van der Waals surface area contributed by atoms with E-state index in [2.05, 4.69) is 6.58 Å². The van der Waals surface area contributed by atoms with Gasteiger partial charge in [0.2, 0.25) is 0 Å². The van der Waals surface area contributed by atoms with Gasteiger partial charge in [0, 0.05) is 0 Å². The number of rotatable bonds is 4. The van der Waals surface area contributed by atoms with Gasteiger partial charge in [-0.3, -0.25) is 4.79 Å². The molecule has 86 valence electrons. The number of fused-ring (bicyclic) bond motifs is 1. The molecule has 2 nitrogen and oxygen atoms in total. The maximum atomic E-state index is 11.2. The fourth-order valence-electron chi connectivity index (χ4n) is 1.75. The Balaban J connectivity index is 2.56. The van der Waals surface area contributed by atoms with Crippen LogP contribution in [-0.4, -0.2) is 12.4 Å². The van der Waals surface area contributed by atoms with Crippen molar-refractivity contribution in [3.8, 4) is 5.75 Å². The number of ether oxygens (including phenoxy) is 1. The summed E-state index contributed by atoms with van der Waals surface area (Å²) in [6, 6.07) is 11.5. The number of aldehydes is 1. The normalized spacial score (nSPS) is 12.1. The molecule has 0 amide bonds. The summed E-state index contributed by atoms with van der Waals surface area (Å²) in [5, 5.41) is 1.95. The Hall–Kier alpha value is -2.09. The summed E-state index contributed by atoms with van der Waals surface area (Å²) in [6.45, 7) is 5.55. The van der Waals surface area contributed by atoms with Gasteiger partial charge in [-0.25, -0.2) is 0 Å². The van der Waals surface area contributed by atoms with Crippen LogP contribution in [-0.2, 0) is 0 Å². The Labute approximate surface area is 101 Å². The predicted molar refractivity (Wildman–Crippen MR) is 69.6 cm³/mol. The maximum absolute atomic E-state index is 11.2. The highest BCUT2D eigenvalue weighted by molar-refractivity contribution is 6.00. The average molecular weight is 226 g/mol. The van der Waals surface area contributed by atoms with Crippen molar-refractivity contribution in [3.05, 3.63) is 54.6 Å². The van der Waals surface area contributed by atoms with Gasteiger partial charge in [0.1, 0.15) is 11.9 Å². The highest BCUT2D eigenvalue weighted by Crippen LogP contribution is 2.27. The van der Waals surface area contributed by atoms with E-state index in [1.807, 2.05) is 43.3 Å². The van der Waals surface area contributed by atoms with E-state index in [1.54, 1.807) is 6.08 Å². The third-order valence-corrected chi connectivity index (χ3v) is 2.69. The summed E-state index contributed by atoms with van der Waals surface area (Å²) < 4.78 is 5.64. The quantitative estimate of drug-likeness (QED) is 0.588. The lowest BCUT2D eigenvalue weighted by Crippen LogP contribution is -2.09. The van der Waals surface area contributed by atoms with Crippen LogP contribution in [0.5, 0.6) is 5.75 Å². The van der Waals surface area contributed by atoms with E-state index in [-0.39, 0.29) is 6.10 Å². The van der Waals surface area contributed by atoms with E-state index in [1.165, 1.54) is 0 Å². The first-order chi connectivity index (χ1) is 8.26. The molecule has 17 heavy (non-hydrogen) atoms. The summed E-state index contributed by atoms with van der Waals surface area (Å²) in [7, 11) is 0. The standard InChI is InChI=1S/C15H14O2/c1-3-11(2)17-15-9-8-12-6-4-5-7-13(12)14(15)10-16/h3-11H,1H2,2H3. The molecule has 0 spiro atoms. The number of hydrogen-bond acceptors (Lipinski definition) is 2. The molecule has 0 radical (unpaired) electrons. The van der Waals surface area contributed by atoms with Gasteiger partial charge in [0.25, 0.3) is 0 Å². The molecule has 0 aliphatic heterocycles. The number of benzene rings is 2. The van der Waals surface area contributed by atoms with E-state index in [9.17, 15) is 4.79 Å². The van der Waals surface area contributed by atoms with Crippen molar-refractivity contribution in [1.82, 2.24) is 0 Å². The van der Waals surface area contributed by atoms with Gasteiger partial charge < -0.3 is 4.74 Å². The molecule has 0 heterocycles. The van der Waals surface area contributed by atoms with Crippen molar-refractivity contribution >= 4 is 17.1 Å². The summed E-state index contributed by atoms with van der Waals surface area (Å²) in [5.41, 5.74) is 0.594. The summed E-state index contributed by atoms with van der Waals surface area (Å²) >= 11 is 0. The fraction of sp³-hybridized carbons (Fsp3) is 0.133. The lowest BCUT2D eigenvalue weighted by molar-refractivity contribution is 0.112. The van der Waals surface area contributed by atoms with Crippen molar-refractivity contribution in [1.29, 1.82) is 0 Å². The summed E-state index contributed by atoms with van der Waals surface area (Å²) in [6.07, 6.45) is 2.42. The minimum Gasteiger partial charge on any atom is -0.486 e. The molecule has 2 aromatic rings. The number of hydrogen-bond donors (Lipinski definition) is 0. The van der Waals surface area contributed by atoms with Gasteiger partial charge in [0.15, 0.2) is 6.29 Å². The lowest BCUT2D eigenvalue weighted by atomic mass is 10.0. The first-order valence-corrected chi connectivity index (χ1v) is 5.52. The minimum absolute atomic E-state index is 0.116. The zero-order valence-electron chi connectivity index (χ0n) is 9.72. The molecular formula is C15H14O2. The van der Waals surface area contributed by atoms with E-state index < -0.39 is 0 Å². The second-order valence-corrected chi connectivity index (χ2v) is 3.88. The van der Waals surface area contributed by atoms with E-state index >= 15 is 0 Å². The highest BCUT2D eigenvalue weighted by Gasteiger charge is 2.09. The molecule has 2 aromatic carbocycles. The summed E-state index contributed by atoms with van der Waals surface area (Å²) in [4.78, 5) is 11.2. The third kappa shape index (κ3) is 2.21. The first-order valence-electron chi connectivity index (χ1n) is 5.52. The Bertz CT molecular complexity index is 558. The molecule has 2 heteroatoms. The van der Waals surface area contributed by atoms with Gasteiger partial charge in [-0.1, -0.05) is 43.0 Å². The number of carbonyl (C=O) groups is 1. The molecule has 0 bridgehead atoms. The van der Waals surface area contributed by atoms with Gasteiger partial charge in [-0.2, -0.15) is 0 Å². The van der Waals surface area contributed by atoms with Crippen LogP contribution < -0.4 is 4.74 Å². The topological polar surface area (TPSA) is 26.3 Å². The van der Waals surface area contributed by atoms with Gasteiger partial charge in [-0.15, -0.1) is 0 Å². The molecule has 1 unspecified atom stereocenters. The Morgan fingerprint density at radius 1 is 1.24 bits per heavy atom. The van der Waals surface area contributed by atoms with Crippen molar-refractivity contribution < 1.29 is 9.53 Å². The van der Waals surface area contributed by atoms with Crippen molar-refractivity contribution in [2.45, 2.75) is 13.0 Å². The average Bonchev–Trinajstić information content (AvgIpc) is 2.38. The van der Waals surface area contributed by atoms with Crippen LogP contribution >= 0.6 is 0 Å². The molecular weight excluding hydrogens is 212 g/mol. The molecule has 0 fully saturated rings. The van der Waals surface area contributed by atoms with Gasteiger partial charge in [0.05, 0.1) is 5.56 Å². The van der Waals surface area contributed by atoms with Crippen molar-refractivity contribution in [2.75, 3.05) is 0 Å². The predicted octanol–water partition coefficient (Wildman–Crippen LogP) is 3.61. The highest BCUT2D eigenvalue weighted by atomic mass is 16.5. The molecule has 0 N–H and O–H groups in total. The largest absolute Gasteiger partial charge is 0.486 e. The van der Waals surface area contributed by atoms with Crippen LogP contribution in [0.15, 0.2) is 49.1 Å². The first kappa shape index (κ1) is 11.4. The van der Waals surface area contributed by atoms with Gasteiger partial charge in [-0.05, 0) is 23.8 Å². The van der Waals surface area contributed by atoms with Crippen LogP contribution in [0.1, 0.15) is 17.3 Å². The van der Waals surface area contributed by atoms with Crippen LogP contribution in [0.3, 0.4) is 0 Å². The Morgan fingerprint density at radius 2 is 2.00 bits per heavy atom. The molecule has 0 aliphatic rings. The minimum atomic E-state index is -0.116. The molecule has 2 rings (SSSR count). The monoisotopic (exact) mass is 226 g/mol. The van der Waals surface area contributed by atoms with Crippen LogP contribution in [0.4, 0.5) is 0 Å². The molecule has 1 atom stereocenters.